The maximum Gasteiger partial charge on any atom is 0.0571 e. The highest BCUT2D eigenvalue weighted by Gasteiger charge is 2.05. The van der Waals surface area contributed by atoms with Crippen molar-refractivity contribution >= 4 is 21.6 Å². The summed E-state index contributed by atoms with van der Waals surface area (Å²) in [5.74, 6) is 0. The predicted octanol–water partition coefficient (Wildman–Crippen LogP) is 3.15. The first-order valence-corrected chi connectivity index (χ1v) is 4.55. The number of H-pyrrole nitrogens is 1. The van der Waals surface area contributed by atoms with Crippen molar-refractivity contribution in [2.45, 2.75) is 20.8 Å². The van der Waals surface area contributed by atoms with Crippen LogP contribution in [0.4, 0.5) is 0 Å². The van der Waals surface area contributed by atoms with Crippen LogP contribution < -0.4 is 0 Å². The van der Waals surface area contributed by atoms with Crippen molar-refractivity contribution < 1.29 is 0 Å². The minimum atomic E-state index is 1.29. The van der Waals surface area contributed by atoms with Crippen LogP contribution in [0.25, 0.3) is 10.2 Å². The summed E-state index contributed by atoms with van der Waals surface area (Å²) in [5, 5.41) is 0. The van der Waals surface area contributed by atoms with E-state index in [2.05, 4.69) is 31.8 Å². The largest absolute Gasteiger partial charge is 0.358 e. The zero-order valence-corrected chi connectivity index (χ0v) is 7.80. The van der Waals surface area contributed by atoms with Gasteiger partial charge in [0.25, 0.3) is 0 Å². The van der Waals surface area contributed by atoms with Crippen LogP contribution in [0.15, 0.2) is 6.07 Å². The molecule has 0 fully saturated rings. The molecule has 2 aromatic rings. The SMILES string of the molecule is Cc1cc2[nH]c(C)c(C)c2s1. The van der Waals surface area contributed by atoms with E-state index < -0.39 is 0 Å². The van der Waals surface area contributed by atoms with E-state index >= 15 is 0 Å². The molecule has 2 rings (SSSR count). The lowest BCUT2D eigenvalue weighted by molar-refractivity contribution is 1.25. The summed E-state index contributed by atoms with van der Waals surface area (Å²) in [6, 6.07) is 2.21. The molecule has 1 N–H and O–H groups in total. The third kappa shape index (κ3) is 0.897. The molecule has 0 aliphatic rings. The molecule has 0 aromatic carbocycles. The lowest BCUT2D eigenvalue weighted by Crippen LogP contribution is -1.71. The van der Waals surface area contributed by atoms with Gasteiger partial charge in [-0.15, -0.1) is 11.3 Å². The first-order valence-electron chi connectivity index (χ1n) is 3.74. The zero-order valence-electron chi connectivity index (χ0n) is 6.99. The number of aromatic nitrogens is 1. The molecule has 0 aliphatic heterocycles. The molecule has 0 amide bonds. The van der Waals surface area contributed by atoms with Crippen molar-refractivity contribution in [1.82, 2.24) is 4.98 Å². The second kappa shape index (κ2) is 2.11. The summed E-state index contributed by atoms with van der Waals surface area (Å²) in [4.78, 5) is 4.74. The van der Waals surface area contributed by atoms with Gasteiger partial charge < -0.3 is 4.98 Å². The van der Waals surface area contributed by atoms with Gasteiger partial charge in [-0.1, -0.05) is 0 Å². The van der Waals surface area contributed by atoms with E-state index in [9.17, 15) is 0 Å². The topological polar surface area (TPSA) is 15.8 Å². The Hall–Kier alpha value is -0.760. The summed E-state index contributed by atoms with van der Waals surface area (Å²) < 4.78 is 1.42. The number of rotatable bonds is 0. The highest BCUT2D eigenvalue weighted by molar-refractivity contribution is 7.19. The van der Waals surface area contributed by atoms with Crippen molar-refractivity contribution in [2.24, 2.45) is 0 Å². The Kier molecular flexibility index (Phi) is 1.33. The molecule has 1 nitrogen and oxygen atoms in total. The van der Waals surface area contributed by atoms with Crippen LogP contribution in [-0.4, -0.2) is 4.98 Å². The fraction of sp³-hybridized carbons (Fsp3) is 0.333. The Bertz CT molecular complexity index is 395. The highest BCUT2D eigenvalue weighted by atomic mass is 32.1. The molecule has 0 spiro atoms. The molecule has 2 heteroatoms. The van der Waals surface area contributed by atoms with E-state index in [4.69, 9.17) is 0 Å². The minimum absolute atomic E-state index is 1.29. The van der Waals surface area contributed by atoms with E-state index in [-0.39, 0.29) is 0 Å². The van der Waals surface area contributed by atoms with Crippen molar-refractivity contribution in [1.29, 1.82) is 0 Å². The van der Waals surface area contributed by atoms with Crippen molar-refractivity contribution in [3.63, 3.8) is 0 Å². The average molecular weight is 165 g/mol. The standard InChI is InChI=1S/C9H11NS/c1-5-4-8-9(11-5)6(2)7(3)10-8/h4,10H,1-3H3. The van der Waals surface area contributed by atoms with Gasteiger partial charge in [-0.05, 0) is 32.4 Å². The van der Waals surface area contributed by atoms with Gasteiger partial charge in [0, 0.05) is 10.6 Å². The van der Waals surface area contributed by atoms with E-state index in [1.165, 1.54) is 26.4 Å². The molecule has 0 saturated carbocycles. The predicted molar refractivity (Wildman–Crippen MR) is 50.4 cm³/mol. The number of thiophene rings is 1. The van der Waals surface area contributed by atoms with Gasteiger partial charge in [0.2, 0.25) is 0 Å². The van der Waals surface area contributed by atoms with Crippen LogP contribution in [-0.2, 0) is 0 Å². The average Bonchev–Trinajstić information content (AvgIpc) is 2.37. The summed E-state index contributed by atoms with van der Waals surface area (Å²) in [7, 11) is 0. The number of fused-ring (bicyclic) bond motifs is 1. The van der Waals surface area contributed by atoms with Crippen molar-refractivity contribution in [3.8, 4) is 0 Å². The molecule has 58 valence electrons. The van der Waals surface area contributed by atoms with Crippen LogP contribution in [0.2, 0.25) is 0 Å². The van der Waals surface area contributed by atoms with Crippen LogP contribution in [0.5, 0.6) is 0 Å². The second-order valence-electron chi connectivity index (χ2n) is 2.97. The first-order chi connectivity index (χ1) is 5.18. The summed E-state index contributed by atoms with van der Waals surface area (Å²) in [6.45, 7) is 6.44. The third-order valence-electron chi connectivity index (χ3n) is 2.08. The molecule has 0 saturated heterocycles. The third-order valence-corrected chi connectivity index (χ3v) is 3.25. The first kappa shape index (κ1) is 6.92. The number of hydrogen-bond donors (Lipinski definition) is 1. The Morgan fingerprint density at radius 2 is 2.00 bits per heavy atom. The van der Waals surface area contributed by atoms with E-state index in [0.717, 1.165) is 0 Å². The van der Waals surface area contributed by atoms with Crippen molar-refractivity contribution in [2.75, 3.05) is 0 Å². The fourth-order valence-electron chi connectivity index (χ4n) is 1.35. The molecule has 0 atom stereocenters. The van der Waals surface area contributed by atoms with E-state index in [1.807, 2.05) is 11.3 Å². The molecule has 0 aliphatic carbocycles. The number of nitrogens with one attached hydrogen (secondary N) is 1. The second-order valence-corrected chi connectivity index (χ2v) is 4.23. The molecular formula is C9H11NS. The monoisotopic (exact) mass is 165 g/mol. The van der Waals surface area contributed by atoms with Crippen LogP contribution in [0.3, 0.4) is 0 Å². The van der Waals surface area contributed by atoms with Crippen molar-refractivity contribution in [3.05, 3.63) is 22.2 Å². The maximum atomic E-state index is 3.36. The summed E-state index contributed by atoms with van der Waals surface area (Å²) in [5.41, 5.74) is 3.99. The van der Waals surface area contributed by atoms with Gasteiger partial charge in [-0.3, -0.25) is 0 Å². The molecule has 0 unspecified atom stereocenters. The fourth-order valence-corrected chi connectivity index (χ4v) is 2.38. The molecule has 0 radical (unpaired) electrons. The Labute approximate surface area is 70.1 Å². The van der Waals surface area contributed by atoms with E-state index in [0.29, 0.717) is 0 Å². The lowest BCUT2D eigenvalue weighted by Gasteiger charge is -1.85. The summed E-state index contributed by atoms with van der Waals surface area (Å²) >= 11 is 1.87. The minimum Gasteiger partial charge on any atom is -0.358 e. The normalized spacial score (nSPS) is 11.2. The molecular weight excluding hydrogens is 154 g/mol. The van der Waals surface area contributed by atoms with Crippen LogP contribution >= 0.6 is 11.3 Å². The number of hydrogen-bond acceptors (Lipinski definition) is 1. The smallest absolute Gasteiger partial charge is 0.0571 e. The van der Waals surface area contributed by atoms with Gasteiger partial charge in [-0.25, -0.2) is 0 Å². The zero-order chi connectivity index (χ0) is 8.01. The van der Waals surface area contributed by atoms with Gasteiger partial charge in [0.1, 0.15) is 0 Å². The number of aromatic amines is 1. The van der Waals surface area contributed by atoms with Gasteiger partial charge in [0.15, 0.2) is 0 Å². The molecule has 2 heterocycles. The maximum absolute atomic E-state index is 3.36. The van der Waals surface area contributed by atoms with Gasteiger partial charge >= 0.3 is 0 Å². The lowest BCUT2D eigenvalue weighted by atomic mass is 10.3. The van der Waals surface area contributed by atoms with Crippen LogP contribution in [0.1, 0.15) is 16.1 Å². The Morgan fingerprint density at radius 3 is 2.64 bits per heavy atom. The molecule has 0 bridgehead atoms. The van der Waals surface area contributed by atoms with Crippen LogP contribution in [0, 0.1) is 20.8 Å². The van der Waals surface area contributed by atoms with E-state index in [1.54, 1.807) is 0 Å². The molecule has 11 heavy (non-hydrogen) atoms. The number of aryl methyl sites for hydroxylation is 3. The quantitative estimate of drug-likeness (QED) is 0.617. The molecule has 2 aromatic heterocycles. The highest BCUT2D eigenvalue weighted by Crippen LogP contribution is 2.29. The summed E-state index contributed by atoms with van der Waals surface area (Å²) in [6.07, 6.45) is 0. The van der Waals surface area contributed by atoms with Gasteiger partial charge in [-0.2, -0.15) is 0 Å². The van der Waals surface area contributed by atoms with Gasteiger partial charge in [0.05, 0.1) is 10.2 Å². The Morgan fingerprint density at radius 1 is 1.27 bits per heavy atom. The Balaban J connectivity index is 2.88.